The first kappa shape index (κ1) is 33.0. The second-order valence-electron chi connectivity index (χ2n) is 9.85. The van der Waals surface area contributed by atoms with Crippen molar-refractivity contribution < 1.29 is 49.0 Å². The molecule has 0 bridgehead atoms. The van der Waals surface area contributed by atoms with E-state index in [2.05, 4.69) is 117 Å². The summed E-state index contributed by atoms with van der Waals surface area (Å²) in [5.41, 5.74) is 10.6. The molecule has 0 heterocycles. The Balaban J connectivity index is 0.000000295. The van der Waals surface area contributed by atoms with Crippen LogP contribution in [-0.4, -0.2) is 3.71 Å². The number of hydrogen-bond donors (Lipinski definition) is 0. The molecule has 0 radical (unpaired) electrons. The molecule has 37 heavy (non-hydrogen) atoms. The summed E-state index contributed by atoms with van der Waals surface area (Å²) >= 11 is 1.46. The molecule has 2 aliphatic carbocycles. The van der Waals surface area contributed by atoms with E-state index >= 15 is 0 Å². The van der Waals surface area contributed by atoms with E-state index < -0.39 is 0 Å². The summed E-state index contributed by atoms with van der Waals surface area (Å²) in [5, 5.41) is 0. The van der Waals surface area contributed by atoms with Crippen LogP contribution in [0.25, 0.3) is 23.3 Å². The average Bonchev–Trinajstić information content (AvgIpc) is 3.48. The molecule has 2 aliphatic rings. The summed E-state index contributed by atoms with van der Waals surface area (Å²) in [7, 11) is 0. The Labute approximate surface area is 251 Å². The molecule has 0 aliphatic heterocycles. The van der Waals surface area contributed by atoms with Crippen molar-refractivity contribution >= 4 is 15.9 Å². The SMILES string of the molecule is C=Cc1c[c-]c2c(c1)-c1cc(C=C)ccc1C2.CC1[C-]=CC(C(C)(C)C)=C1.[Cl-].[Cl-].[Zr+2]=[CH]c1ccccc1. The van der Waals surface area contributed by atoms with Crippen molar-refractivity contribution in [1.29, 1.82) is 0 Å². The zero-order valence-corrected chi connectivity index (χ0v) is 26.1. The normalized spacial score (nSPS) is 14.1. The fourth-order valence-corrected chi connectivity index (χ4v) is 4.44. The minimum atomic E-state index is 0. The molecule has 190 valence electrons. The quantitative estimate of drug-likeness (QED) is 0.316. The number of fused-ring (bicyclic) bond motifs is 3. The molecule has 0 N–H and O–H groups in total. The number of benzene rings is 3. The van der Waals surface area contributed by atoms with E-state index in [0.717, 1.165) is 12.0 Å². The van der Waals surface area contributed by atoms with Gasteiger partial charge in [-0.25, -0.2) is 6.08 Å². The van der Waals surface area contributed by atoms with Crippen LogP contribution in [0.5, 0.6) is 0 Å². The van der Waals surface area contributed by atoms with Crippen molar-refractivity contribution in [1.82, 2.24) is 0 Å². The van der Waals surface area contributed by atoms with E-state index in [1.807, 2.05) is 24.3 Å². The van der Waals surface area contributed by atoms with Crippen molar-refractivity contribution in [2.75, 3.05) is 0 Å². The Morgan fingerprint density at radius 3 is 2.03 bits per heavy atom. The van der Waals surface area contributed by atoms with Gasteiger partial charge in [-0.1, -0.05) is 81.0 Å². The molecule has 1 atom stereocenters. The molecule has 3 aromatic rings. The van der Waals surface area contributed by atoms with Gasteiger partial charge in [0.25, 0.3) is 0 Å². The average molecular weight is 605 g/mol. The van der Waals surface area contributed by atoms with E-state index in [-0.39, 0.29) is 24.8 Å². The minimum absolute atomic E-state index is 0. The van der Waals surface area contributed by atoms with Gasteiger partial charge in [0, 0.05) is 0 Å². The number of rotatable bonds is 3. The van der Waals surface area contributed by atoms with Crippen LogP contribution in [0.2, 0.25) is 0 Å². The summed E-state index contributed by atoms with van der Waals surface area (Å²) in [6.45, 7) is 16.5. The first-order chi connectivity index (χ1) is 16.7. The number of hydrogen-bond acceptors (Lipinski definition) is 0. The maximum atomic E-state index is 3.82. The van der Waals surface area contributed by atoms with Crippen molar-refractivity contribution in [2.45, 2.75) is 34.1 Å². The van der Waals surface area contributed by atoms with Crippen LogP contribution in [0, 0.1) is 23.5 Å². The van der Waals surface area contributed by atoms with Gasteiger partial charge in [0.2, 0.25) is 0 Å². The fraction of sp³-hybridized carbons (Fsp3) is 0.206. The standard InChI is InChI=1S/C17H13.C10H15.C7H6.2ClH.Zr/c1-3-12-5-7-14-11-15-8-6-13(4-2)10-17(15)16(14)9-12;1-8-5-6-9(7-8)10(2,3)4;1-7-5-3-2-4-6-7;;;/h3-7,9-10H,1-2,11H2;6-8H,1-4H3;1-6H;2*1H;/q2*-1;;;;+2/p-2. The molecule has 5 rings (SSSR count). The van der Waals surface area contributed by atoms with Gasteiger partial charge in [0.15, 0.2) is 0 Å². The third-order valence-electron chi connectivity index (χ3n) is 6.08. The molecule has 0 saturated heterocycles. The van der Waals surface area contributed by atoms with Gasteiger partial charge in [0.05, 0.1) is 0 Å². The molecule has 1 unspecified atom stereocenters. The number of allylic oxidation sites excluding steroid dienone is 4. The van der Waals surface area contributed by atoms with E-state index in [9.17, 15) is 0 Å². The van der Waals surface area contributed by atoms with Crippen molar-refractivity contribution in [2.24, 2.45) is 11.3 Å². The fourth-order valence-electron chi connectivity index (χ4n) is 3.97. The van der Waals surface area contributed by atoms with Crippen LogP contribution in [0.3, 0.4) is 0 Å². The monoisotopic (exact) mass is 602 g/mol. The topological polar surface area (TPSA) is 0 Å². The molecule has 0 saturated carbocycles. The summed E-state index contributed by atoms with van der Waals surface area (Å²) in [4.78, 5) is 0. The predicted octanol–water partition coefficient (Wildman–Crippen LogP) is 2.70. The molecule has 0 spiro atoms. The Morgan fingerprint density at radius 1 is 0.892 bits per heavy atom. The third kappa shape index (κ3) is 9.33. The second-order valence-corrected chi connectivity index (χ2v) is 10.6. The van der Waals surface area contributed by atoms with Gasteiger partial charge in [-0.05, 0) is 12.0 Å². The van der Waals surface area contributed by atoms with Crippen LogP contribution < -0.4 is 24.8 Å². The van der Waals surface area contributed by atoms with E-state index in [4.69, 9.17) is 0 Å². The second kappa shape index (κ2) is 15.4. The zero-order valence-electron chi connectivity index (χ0n) is 22.1. The summed E-state index contributed by atoms with van der Waals surface area (Å²) < 4.78 is 2.17. The molecule has 3 aromatic carbocycles. The van der Waals surface area contributed by atoms with Gasteiger partial charge >= 0.3 is 63.8 Å². The molecule has 0 amide bonds. The molecule has 0 nitrogen and oxygen atoms in total. The Hall–Kier alpha value is -2.05. The van der Waals surface area contributed by atoms with Crippen LogP contribution in [0.15, 0.2) is 91.5 Å². The zero-order chi connectivity index (χ0) is 25.4. The molecule has 0 fully saturated rings. The van der Waals surface area contributed by atoms with Gasteiger partial charge in [-0.2, -0.15) is 35.4 Å². The Bertz CT molecular complexity index is 1210. The Morgan fingerprint density at radius 2 is 1.54 bits per heavy atom. The molecule has 3 heteroatoms. The summed E-state index contributed by atoms with van der Waals surface area (Å²) in [5.74, 6) is 0.522. The van der Waals surface area contributed by atoms with Gasteiger partial charge in [-0.3, -0.25) is 6.08 Å². The van der Waals surface area contributed by atoms with E-state index in [1.165, 1.54) is 63.2 Å². The predicted molar refractivity (Wildman–Crippen MR) is 150 cm³/mol. The van der Waals surface area contributed by atoms with Crippen LogP contribution in [0.4, 0.5) is 0 Å². The van der Waals surface area contributed by atoms with Crippen LogP contribution >= 0.6 is 0 Å². The van der Waals surface area contributed by atoms with E-state index in [1.54, 1.807) is 0 Å². The van der Waals surface area contributed by atoms with Crippen molar-refractivity contribution in [3.8, 4) is 11.1 Å². The molecule has 0 aromatic heterocycles. The first-order valence-corrected chi connectivity index (χ1v) is 13.5. The first-order valence-electron chi connectivity index (χ1n) is 12.0. The van der Waals surface area contributed by atoms with Crippen molar-refractivity contribution in [3.63, 3.8) is 0 Å². The van der Waals surface area contributed by atoms with Crippen LogP contribution in [-0.2, 0) is 30.7 Å². The molecular weight excluding hydrogens is 571 g/mol. The van der Waals surface area contributed by atoms with Crippen LogP contribution in [0.1, 0.15) is 55.5 Å². The van der Waals surface area contributed by atoms with Crippen molar-refractivity contribution in [3.05, 3.63) is 132 Å². The summed E-state index contributed by atoms with van der Waals surface area (Å²) in [6.07, 6.45) is 12.4. The summed E-state index contributed by atoms with van der Waals surface area (Å²) in [6, 6.07) is 24.4. The van der Waals surface area contributed by atoms with E-state index in [0.29, 0.717) is 11.3 Å². The number of halogens is 2. The van der Waals surface area contributed by atoms with Gasteiger partial charge in [0.1, 0.15) is 0 Å². The maximum absolute atomic E-state index is 3.82. The Kier molecular flexibility index (Phi) is 13.7. The van der Waals surface area contributed by atoms with Gasteiger partial charge in [-0.15, -0.1) is 23.8 Å². The molecular formula is C34H34Cl2Zr-2. The van der Waals surface area contributed by atoms with Gasteiger partial charge < -0.3 is 24.8 Å². The third-order valence-corrected chi connectivity index (χ3v) is 6.89.